The van der Waals surface area contributed by atoms with Crippen LogP contribution >= 0.6 is 23.2 Å². The van der Waals surface area contributed by atoms with Crippen molar-refractivity contribution < 1.29 is 14.7 Å². The predicted octanol–water partition coefficient (Wildman–Crippen LogP) is 2.90. The van der Waals surface area contributed by atoms with Gasteiger partial charge >= 0.3 is 0 Å². The van der Waals surface area contributed by atoms with Crippen LogP contribution < -0.4 is 10.4 Å². The molecular formula is C17H9Cl2N2O3-. The molecule has 0 aliphatic rings. The number of nitrogens with one attached hydrogen (secondary N) is 1. The molecule has 2 aromatic carbocycles. The highest BCUT2D eigenvalue weighted by Crippen LogP contribution is 2.23. The second-order valence-corrected chi connectivity index (χ2v) is 5.50. The number of rotatable bonds is 4. The fourth-order valence-corrected chi connectivity index (χ4v) is 2.27. The number of halogens is 2. The molecule has 1 amide bonds. The zero-order chi connectivity index (χ0) is 17.7. The lowest BCUT2D eigenvalue weighted by Gasteiger charge is -2.07. The molecule has 0 aromatic heterocycles. The number of nitrogens with zero attached hydrogens (tertiary/aromatic N) is 1. The van der Waals surface area contributed by atoms with Crippen molar-refractivity contribution in [3.8, 4) is 6.07 Å². The van der Waals surface area contributed by atoms with E-state index >= 15 is 0 Å². The summed E-state index contributed by atoms with van der Waals surface area (Å²) < 4.78 is 0. The van der Waals surface area contributed by atoms with Crippen LogP contribution in [-0.4, -0.2) is 11.9 Å². The van der Waals surface area contributed by atoms with E-state index in [-0.39, 0.29) is 11.1 Å². The van der Waals surface area contributed by atoms with Crippen molar-refractivity contribution in [2.45, 2.75) is 0 Å². The Morgan fingerprint density at radius 2 is 1.79 bits per heavy atom. The van der Waals surface area contributed by atoms with Crippen LogP contribution in [0.5, 0.6) is 0 Å². The van der Waals surface area contributed by atoms with E-state index in [9.17, 15) is 14.7 Å². The van der Waals surface area contributed by atoms with Gasteiger partial charge in [-0.15, -0.1) is 0 Å². The summed E-state index contributed by atoms with van der Waals surface area (Å²) in [5.74, 6) is -1.97. The molecule has 0 radical (unpaired) electrons. The summed E-state index contributed by atoms with van der Waals surface area (Å²) >= 11 is 11.8. The topological polar surface area (TPSA) is 93.0 Å². The van der Waals surface area contributed by atoms with Crippen molar-refractivity contribution >= 4 is 46.8 Å². The number of carbonyl (C=O) groups is 2. The summed E-state index contributed by atoms with van der Waals surface area (Å²) in [6.45, 7) is 0. The number of carboxylic acid groups (broad SMARTS) is 1. The van der Waals surface area contributed by atoms with E-state index in [4.69, 9.17) is 28.5 Å². The first kappa shape index (κ1) is 17.5. The molecule has 0 heterocycles. The standard InChI is InChI=1S/C17H10Cl2N2O3/c18-13-4-1-11(15(19)8-13)7-12(9-20)16(22)21-14-5-2-10(3-6-14)17(23)24/h1-8H,(H,21,22)(H,23,24)/p-1/b12-7+. The van der Waals surface area contributed by atoms with E-state index in [0.717, 1.165) is 0 Å². The lowest BCUT2D eigenvalue weighted by Crippen LogP contribution is -2.22. The summed E-state index contributed by atoms with van der Waals surface area (Å²) in [6, 6.07) is 11.8. The number of carbonyl (C=O) groups excluding carboxylic acids is 2. The van der Waals surface area contributed by atoms with Crippen LogP contribution in [0.4, 0.5) is 5.69 Å². The number of amides is 1. The number of carboxylic acids is 1. The molecule has 5 nitrogen and oxygen atoms in total. The summed E-state index contributed by atoms with van der Waals surface area (Å²) in [5, 5.41) is 23.1. The first-order valence-electron chi connectivity index (χ1n) is 6.60. The van der Waals surface area contributed by atoms with Gasteiger partial charge in [0.1, 0.15) is 11.6 Å². The number of anilines is 1. The van der Waals surface area contributed by atoms with Gasteiger partial charge in [0.15, 0.2) is 0 Å². The molecule has 0 aliphatic heterocycles. The van der Waals surface area contributed by atoms with Gasteiger partial charge in [0.2, 0.25) is 0 Å². The van der Waals surface area contributed by atoms with Crippen LogP contribution in [0.1, 0.15) is 15.9 Å². The van der Waals surface area contributed by atoms with Gasteiger partial charge in [-0.25, -0.2) is 0 Å². The minimum absolute atomic E-state index is 0.0167. The molecule has 24 heavy (non-hydrogen) atoms. The Labute approximate surface area is 147 Å². The number of aromatic carboxylic acids is 1. The van der Waals surface area contributed by atoms with Gasteiger partial charge in [0.05, 0.1) is 5.97 Å². The Bertz CT molecular complexity index is 868. The quantitative estimate of drug-likeness (QED) is 0.670. The van der Waals surface area contributed by atoms with Crippen LogP contribution in [0.25, 0.3) is 6.08 Å². The molecule has 7 heteroatoms. The minimum atomic E-state index is -1.32. The monoisotopic (exact) mass is 359 g/mol. The molecule has 1 N–H and O–H groups in total. The second kappa shape index (κ2) is 7.64. The lowest BCUT2D eigenvalue weighted by atomic mass is 10.1. The second-order valence-electron chi connectivity index (χ2n) is 4.65. The third-order valence-corrected chi connectivity index (χ3v) is 3.57. The molecule has 0 saturated carbocycles. The van der Waals surface area contributed by atoms with E-state index < -0.39 is 11.9 Å². The highest BCUT2D eigenvalue weighted by atomic mass is 35.5. The Kier molecular flexibility index (Phi) is 5.59. The van der Waals surface area contributed by atoms with Gasteiger partial charge in [0.25, 0.3) is 5.91 Å². The zero-order valence-electron chi connectivity index (χ0n) is 12.0. The maximum Gasteiger partial charge on any atom is 0.266 e. The molecule has 0 unspecified atom stereocenters. The van der Waals surface area contributed by atoms with Crippen molar-refractivity contribution in [3.05, 3.63) is 69.2 Å². The van der Waals surface area contributed by atoms with Gasteiger partial charge in [-0.1, -0.05) is 41.4 Å². The van der Waals surface area contributed by atoms with Crippen LogP contribution in [0.15, 0.2) is 48.0 Å². The fraction of sp³-hybridized carbons (Fsp3) is 0. The van der Waals surface area contributed by atoms with Gasteiger partial charge in [0, 0.05) is 15.7 Å². The number of hydrogen-bond donors (Lipinski definition) is 1. The van der Waals surface area contributed by atoms with Crippen molar-refractivity contribution in [3.63, 3.8) is 0 Å². The van der Waals surface area contributed by atoms with Gasteiger partial charge in [-0.2, -0.15) is 5.26 Å². The molecule has 2 aromatic rings. The number of nitriles is 1. The van der Waals surface area contributed by atoms with Crippen molar-refractivity contribution in [1.82, 2.24) is 0 Å². The van der Waals surface area contributed by atoms with Gasteiger partial charge in [-0.3, -0.25) is 4.79 Å². The summed E-state index contributed by atoms with van der Waals surface area (Å²) in [5.41, 5.74) is 0.633. The van der Waals surface area contributed by atoms with E-state index in [1.165, 1.54) is 36.4 Å². The predicted molar refractivity (Wildman–Crippen MR) is 89.5 cm³/mol. The molecule has 2 rings (SSSR count). The maximum absolute atomic E-state index is 12.1. The molecule has 120 valence electrons. The van der Waals surface area contributed by atoms with Crippen LogP contribution in [0, 0.1) is 11.3 Å². The highest BCUT2D eigenvalue weighted by Gasteiger charge is 2.11. The average molecular weight is 360 g/mol. The molecule has 0 saturated heterocycles. The molecule has 0 spiro atoms. The van der Waals surface area contributed by atoms with Crippen molar-refractivity contribution in [2.24, 2.45) is 0 Å². The van der Waals surface area contributed by atoms with Crippen LogP contribution in [0.3, 0.4) is 0 Å². The molecule has 0 bridgehead atoms. The molecule has 0 atom stereocenters. The van der Waals surface area contributed by atoms with Crippen LogP contribution in [-0.2, 0) is 4.79 Å². The van der Waals surface area contributed by atoms with E-state index in [2.05, 4.69) is 5.32 Å². The van der Waals surface area contributed by atoms with Crippen molar-refractivity contribution in [2.75, 3.05) is 5.32 Å². The molecular weight excluding hydrogens is 351 g/mol. The van der Waals surface area contributed by atoms with Crippen LogP contribution in [0.2, 0.25) is 10.0 Å². The average Bonchev–Trinajstić information content (AvgIpc) is 2.54. The lowest BCUT2D eigenvalue weighted by molar-refractivity contribution is -0.255. The third-order valence-electron chi connectivity index (χ3n) is 3.01. The summed E-state index contributed by atoms with van der Waals surface area (Å²) in [4.78, 5) is 22.8. The SMILES string of the molecule is N#C/C(=C\c1ccc(Cl)cc1Cl)C(=O)Nc1ccc(C(=O)[O-])cc1. The third kappa shape index (κ3) is 4.35. The number of benzene rings is 2. The summed E-state index contributed by atoms with van der Waals surface area (Å²) in [7, 11) is 0. The zero-order valence-corrected chi connectivity index (χ0v) is 13.6. The fourth-order valence-electron chi connectivity index (χ4n) is 1.81. The van der Waals surface area contributed by atoms with E-state index in [1.807, 2.05) is 0 Å². The summed E-state index contributed by atoms with van der Waals surface area (Å²) in [6.07, 6.45) is 1.34. The largest absolute Gasteiger partial charge is 0.545 e. The maximum atomic E-state index is 12.1. The first-order valence-corrected chi connectivity index (χ1v) is 7.36. The minimum Gasteiger partial charge on any atom is -0.545 e. The van der Waals surface area contributed by atoms with Gasteiger partial charge in [-0.05, 0) is 41.5 Å². The molecule has 0 aliphatic carbocycles. The molecule has 0 fully saturated rings. The smallest absolute Gasteiger partial charge is 0.266 e. The Morgan fingerprint density at radius 3 is 2.33 bits per heavy atom. The van der Waals surface area contributed by atoms with Gasteiger partial charge < -0.3 is 15.2 Å². The van der Waals surface area contributed by atoms with Crippen molar-refractivity contribution in [1.29, 1.82) is 5.26 Å². The Balaban J connectivity index is 2.21. The normalized spacial score (nSPS) is 10.8. The highest BCUT2D eigenvalue weighted by molar-refractivity contribution is 6.35. The first-order chi connectivity index (χ1) is 11.4. The van der Waals surface area contributed by atoms with E-state index in [1.54, 1.807) is 18.2 Å². The Morgan fingerprint density at radius 1 is 1.12 bits per heavy atom. The Hall–Kier alpha value is -2.81. The van der Waals surface area contributed by atoms with E-state index in [0.29, 0.717) is 21.3 Å². The number of hydrogen-bond acceptors (Lipinski definition) is 4.